The summed E-state index contributed by atoms with van der Waals surface area (Å²) >= 11 is 0. The van der Waals surface area contributed by atoms with Gasteiger partial charge < -0.3 is 9.47 Å². The van der Waals surface area contributed by atoms with Gasteiger partial charge in [0.25, 0.3) is 0 Å². The summed E-state index contributed by atoms with van der Waals surface area (Å²) in [5.74, 6) is 0.232. The molecule has 0 saturated heterocycles. The Kier molecular flexibility index (Phi) is 14.0. The maximum absolute atomic E-state index is 10.8. The summed E-state index contributed by atoms with van der Waals surface area (Å²) < 4.78 is 8.99. The molecule has 0 spiro atoms. The van der Waals surface area contributed by atoms with Gasteiger partial charge in [0.05, 0.1) is 13.7 Å². The van der Waals surface area contributed by atoms with Crippen molar-refractivity contribution < 1.29 is 19.1 Å². The molecule has 0 aromatic heterocycles. The van der Waals surface area contributed by atoms with Crippen molar-refractivity contribution in [3.63, 3.8) is 0 Å². The van der Waals surface area contributed by atoms with E-state index in [1.54, 1.807) is 6.92 Å². The molecular formula is C13H26O4. The molecule has 0 aliphatic carbocycles. The van der Waals surface area contributed by atoms with Gasteiger partial charge in [-0.1, -0.05) is 33.1 Å². The van der Waals surface area contributed by atoms with Gasteiger partial charge in [-0.05, 0) is 12.8 Å². The van der Waals surface area contributed by atoms with Crippen LogP contribution >= 0.6 is 0 Å². The Morgan fingerprint density at radius 2 is 1.76 bits per heavy atom. The topological polar surface area (TPSA) is 52.6 Å². The minimum atomic E-state index is -0.211. The van der Waals surface area contributed by atoms with Crippen molar-refractivity contribution in [2.75, 3.05) is 13.7 Å². The van der Waals surface area contributed by atoms with Crippen molar-refractivity contribution >= 4 is 11.9 Å². The van der Waals surface area contributed by atoms with Crippen LogP contribution in [-0.4, -0.2) is 25.7 Å². The lowest BCUT2D eigenvalue weighted by molar-refractivity contribution is -0.142. The largest absolute Gasteiger partial charge is 0.469 e. The van der Waals surface area contributed by atoms with Crippen LogP contribution in [0.4, 0.5) is 0 Å². The predicted molar refractivity (Wildman–Crippen MR) is 67.6 cm³/mol. The highest BCUT2D eigenvalue weighted by Gasteiger charge is 2.10. The molecule has 1 atom stereocenters. The minimum Gasteiger partial charge on any atom is -0.469 e. The Hall–Kier alpha value is -1.06. The summed E-state index contributed by atoms with van der Waals surface area (Å²) in [6.07, 6.45) is 3.94. The Balaban J connectivity index is 0. The summed E-state index contributed by atoms with van der Waals surface area (Å²) in [5.41, 5.74) is 0. The first-order chi connectivity index (χ1) is 8.01. The molecule has 0 saturated carbocycles. The van der Waals surface area contributed by atoms with Crippen LogP contribution in [0.3, 0.4) is 0 Å². The second kappa shape index (κ2) is 13.0. The van der Waals surface area contributed by atoms with Gasteiger partial charge in [-0.25, -0.2) is 0 Å². The molecule has 17 heavy (non-hydrogen) atoms. The Morgan fingerprint density at radius 1 is 1.18 bits per heavy atom. The molecule has 0 heterocycles. The zero-order valence-corrected chi connectivity index (χ0v) is 11.7. The van der Waals surface area contributed by atoms with E-state index in [0.29, 0.717) is 18.9 Å². The number of carbonyl (C=O) groups excluding carboxylic acids is 2. The molecule has 0 radical (unpaired) electrons. The van der Waals surface area contributed by atoms with Crippen LogP contribution in [0, 0.1) is 5.92 Å². The Morgan fingerprint density at radius 3 is 2.00 bits per heavy atom. The molecule has 0 N–H and O–H groups in total. The maximum atomic E-state index is 10.8. The monoisotopic (exact) mass is 246 g/mol. The first-order valence-electron chi connectivity index (χ1n) is 6.21. The van der Waals surface area contributed by atoms with Gasteiger partial charge in [-0.3, -0.25) is 9.59 Å². The number of rotatable bonds is 6. The van der Waals surface area contributed by atoms with Gasteiger partial charge in [0.2, 0.25) is 0 Å². The van der Waals surface area contributed by atoms with Crippen molar-refractivity contribution in [3.05, 3.63) is 0 Å². The van der Waals surface area contributed by atoms with Crippen LogP contribution in [-0.2, 0) is 19.1 Å². The molecule has 0 aromatic carbocycles. The minimum absolute atomic E-state index is 0.0784. The van der Waals surface area contributed by atoms with Gasteiger partial charge in [0, 0.05) is 13.3 Å². The van der Waals surface area contributed by atoms with Gasteiger partial charge in [0.1, 0.15) is 0 Å². The van der Waals surface area contributed by atoms with Crippen molar-refractivity contribution in [3.8, 4) is 0 Å². The van der Waals surface area contributed by atoms with Crippen LogP contribution < -0.4 is 0 Å². The molecule has 0 fully saturated rings. The molecular weight excluding hydrogens is 220 g/mol. The van der Waals surface area contributed by atoms with E-state index in [0.717, 1.165) is 19.3 Å². The third-order valence-electron chi connectivity index (χ3n) is 2.30. The van der Waals surface area contributed by atoms with Gasteiger partial charge in [-0.2, -0.15) is 0 Å². The molecule has 0 bridgehead atoms. The summed E-state index contributed by atoms with van der Waals surface area (Å²) in [4.78, 5) is 20.7. The average Bonchev–Trinajstić information content (AvgIpc) is 2.28. The Labute approximate surface area is 105 Å². The van der Waals surface area contributed by atoms with Gasteiger partial charge in [-0.15, -0.1) is 0 Å². The lowest BCUT2D eigenvalue weighted by Gasteiger charge is -2.10. The number of esters is 2. The van der Waals surface area contributed by atoms with E-state index in [9.17, 15) is 9.59 Å². The zero-order valence-electron chi connectivity index (χ0n) is 11.7. The van der Waals surface area contributed by atoms with Crippen LogP contribution in [0.2, 0.25) is 0 Å². The molecule has 0 aromatic rings. The first-order valence-corrected chi connectivity index (χ1v) is 6.21. The fourth-order valence-electron chi connectivity index (χ4n) is 1.38. The Bertz CT molecular complexity index is 202. The van der Waals surface area contributed by atoms with E-state index < -0.39 is 0 Å². The summed E-state index contributed by atoms with van der Waals surface area (Å²) in [7, 11) is 1.45. The van der Waals surface area contributed by atoms with Crippen LogP contribution in [0.25, 0.3) is 0 Å². The highest BCUT2D eigenvalue weighted by atomic mass is 16.5. The molecule has 0 rings (SSSR count). The van der Waals surface area contributed by atoms with Crippen LogP contribution in [0.15, 0.2) is 0 Å². The van der Waals surface area contributed by atoms with E-state index >= 15 is 0 Å². The van der Waals surface area contributed by atoms with E-state index in [-0.39, 0.29) is 11.9 Å². The van der Waals surface area contributed by atoms with Crippen molar-refractivity contribution in [1.82, 2.24) is 0 Å². The molecule has 1 unspecified atom stereocenters. The predicted octanol–water partition coefficient (Wildman–Crippen LogP) is 2.95. The molecule has 0 aliphatic rings. The van der Waals surface area contributed by atoms with E-state index in [1.807, 2.05) is 0 Å². The second-order valence-corrected chi connectivity index (χ2v) is 3.77. The SMILES string of the molecule is CCCC(CC)CC(=O)OC.CCOC(C)=O. The zero-order chi connectivity index (χ0) is 13.7. The third-order valence-corrected chi connectivity index (χ3v) is 2.30. The average molecular weight is 246 g/mol. The molecule has 102 valence electrons. The fraction of sp³-hybridized carbons (Fsp3) is 0.846. The number of hydrogen-bond donors (Lipinski definition) is 0. The number of ether oxygens (including phenoxy) is 2. The first kappa shape index (κ1) is 18.3. The van der Waals surface area contributed by atoms with Crippen molar-refractivity contribution in [2.24, 2.45) is 5.92 Å². The van der Waals surface area contributed by atoms with Crippen molar-refractivity contribution in [1.29, 1.82) is 0 Å². The number of carbonyl (C=O) groups is 2. The summed E-state index contributed by atoms with van der Waals surface area (Å²) in [6, 6.07) is 0. The van der Waals surface area contributed by atoms with Crippen molar-refractivity contribution in [2.45, 2.75) is 53.4 Å². The molecule has 4 nitrogen and oxygen atoms in total. The highest BCUT2D eigenvalue weighted by Crippen LogP contribution is 2.15. The van der Waals surface area contributed by atoms with E-state index in [4.69, 9.17) is 0 Å². The molecule has 4 heteroatoms. The maximum Gasteiger partial charge on any atom is 0.305 e. The molecule has 0 amide bonds. The highest BCUT2D eigenvalue weighted by molar-refractivity contribution is 5.69. The standard InChI is InChI=1S/C9H18O2.C4H8O2/c1-4-6-8(5-2)7-9(10)11-3;1-3-6-4(2)5/h8H,4-7H2,1-3H3;3H2,1-2H3. The summed E-state index contributed by atoms with van der Waals surface area (Å²) in [5, 5.41) is 0. The lowest BCUT2D eigenvalue weighted by Crippen LogP contribution is -2.08. The van der Waals surface area contributed by atoms with Gasteiger partial charge in [0.15, 0.2) is 0 Å². The smallest absolute Gasteiger partial charge is 0.305 e. The van der Waals surface area contributed by atoms with Crippen LogP contribution in [0.5, 0.6) is 0 Å². The van der Waals surface area contributed by atoms with E-state index in [2.05, 4.69) is 23.3 Å². The second-order valence-electron chi connectivity index (χ2n) is 3.77. The normalized spacial score (nSPS) is 10.9. The quantitative estimate of drug-likeness (QED) is 0.676. The van der Waals surface area contributed by atoms with E-state index in [1.165, 1.54) is 14.0 Å². The summed E-state index contributed by atoms with van der Waals surface area (Å²) in [6.45, 7) is 7.91. The number of methoxy groups -OCH3 is 1. The fourth-order valence-corrected chi connectivity index (χ4v) is 1.38. The third kappa shape index (κ3) is 14.9. The van der Waals surface area contributed by atoms with Gasteiger partial charge >= 0.3 is 11.9 Å². The molecule has 0 aliphatic heterocycles. The van der Waals surface area contributed by atoms with Crippen LogP contribution in [0.1, 0.15) is 53.4 Å². The number of hydrogen-bond acceptors (Lipinski definition) is 4. The lowest BCUT2D eigenvalue weighted by atomic mass is 9.97.